The van der Waals surface area contributed by atoms with Gasteiger partial charge in [-0.25, -0.2) is 0 Å². The summed E-state index contributed by atoms with van der Waals surface area (Å²) >= 11 is 3.45. The Morgan fingerprint density at radius 2 is 2.00 bits per heavy atom. The van der Waals surface area contributed by atoms with Crippen LogP contribution < -0.4 is 4.90 Å². The summed E-state index contributed by atoms with van der Waals surface area (Å²) < 4.78 is 1.80. The van der Waals surface area contributed by atoms with Crippen molar-refractivity contribution in [3.05, 3.63) is 39.9 Å². The van der Waals surface area contributed by atoms with Crippen molar-refractivity contribution < 1.29 is 10.2 Å². The summed E-state index contributed by atoms with van der Waals surface area (Å²) in [6.45, 7) is 3.24. The van der Waals surface area contributed by atoms with E-state index in [1.54, 1.807) is 0 Å². The standard InChI is InChI=1S/C21H20BrN5O2/c1-3-27-20(28)15-10-13(11-23)19(18(22)17(15)21(27)29)25-24-14-6-7-16-12(9-14)5-4-8-26(16)2/h6-7,9-10,28-29H,3-5,8H2,1-2H3. The van der Waals surface area contributed by atoms with Crippen molar-refractivity contribution in [3.8, 4) is 17.8 Å². The van der Waals surface area contributed by atoms with Crippen molar-refractivity contribution in [2.24, 2.45) is 10.2 Å². The van der Waals surface area contributed by atoms with E-state index in [1.165, 1.54) is 21.9 Å². The number of rotatable bonds is 3. The lowest BCUT2D eigenvalue weighted by atomic mass is 10.0. The van der Waals surface area contributed by atoms with Gasteiger partial charge in [-0.05, 0) is 65.5 Å². The Balaban J connectivity index is 1.81. The van der Waals surface area contributed by atoms with Crippen molar-refractivity contribution in [2.45, 2.75) is 26.3 Å². The van der Waals surface area contributed by atoms with Gasteiger partial charge in [0.2, 0.25) is 11.8 Å². The topological polar surface area (TPSA) is 97.1 Å². The molecule has 0 aliphatic carbocycles. The van der Waals surface area contributed by atoms with Crippen LogP contribution in [0.3, 0.4) is 0 Å². The minimum absolute atomic E-state index is 0.0790. The summed E-state index contributed by atoms with van der Waals surface area (Å²) in [7, 11) is 2.08. The van der Waals surface area contributed by atoms with Gasteiger partial charge in [-0.15, -0.1) is 5.11 Å². The number of aromatic nitrogens is 1. The van der Waals surface area contributed by atoms with Gasteiger partial charge in [0, 0.05) is 31.2 Å². The summed E-state index contributed by atoms with van der Waals surface area (Å²) in [6.07, 6.45) is 2.10. The van der Waals surface area contributed by atoms with Gasteiger partial charge in [-0.1, -0.05) is 0 Å². The Hall–Kier alpha value is -3.05. The molecule has 0 spiro atoms. The average Bonchev–Trinajstić information content (AvgIpc) is 2.96. The normalized spacial score (nSPS) is 13.8. The second-order valence-corrected chi connectivity index (χ2v) is 7.84. The molecule has 0 unspecified atom stereocenters. The van der Waals surface area contributed by atoms with Gasteiger partial charge in [0.1, 0.15) is 11.8 Å². The fourth-order valence-electron chi connectivity index (χ4n) is 3.84. The SMILES string of the molecule is CCn1c(O)c2cc(C#N)c(N=Nc3ccc4c(c3)CCCN4C)c(Br)c2c1O. The van der Waals surface area contributed by atoms with Crippen molar-refractivity contribution in [1.29, 1.82) is 5.26 Å². The van der Waals surface area contributed by atoms with E-state index >= 15 is 0 Å². The fraction of sp³-hybridized carbons (Fsp3) is 0.286. The molecule has 2 N–H and O–H groups in total. The monoisotopic (exact) mass is 453 g/mol. The number of benzene rings is 2. The Kier molecular flexibility index (Phi) is 4.92. The molecule has 0 fully saturated rings. The smallest absolute Gasteiger partial charge is 0.203 e. The number of nitrogens with zero attached hydrogens (tertiary/aromatic N) is 5. The number of hydrogen-bond donors (Lipinski definition) is 2. The maximum Gasteiger partial charge on any atom is 0.203 e. The van der Waals surface area contributed by atoms with Gasteiger partial charge in [-0.2, -0.15) is 10.4 Å². The summed E-state index contributed by atoms with van der Waals surface area (Å²) in [5.74, 6) is -0.163. The first kappa shape index (κ1) is 19.3. The molecule has 1 aliphatic rings. The predicted molar refractivity (Wildman–Crippen MR) is 116 cm³/mol. The van der Waals surface area contributed by atoms with E-state index in [1.807, 2.05) is 25.1 Å². The molecule has 1 aromatic heterocycles. The maximum absolute atomic E-state index is 10.5. The zero-order chi connectivity index (χ0) is 20.7. The predicted octanol–water partition coefficient (Wildman–Crippen LogP) is 5.50. The Morgan fingerprint density at radius 1 is 1.21 bits per heavy atom. The van der Waals surface area contributed by atoms with Gasteiger partial charge >= 0.3 is 0 Å². The van der Waals surface area contributed by atoms with Crippen LogP contribution in [0.1, 0.15) is 24.5 Å². The van der Waals surface area contributed by atoms with Crippen molar-refractivity contribution in [1.82, 2.24) is 4.57 Å². The molecule has 1 aliphatic heterocycles. The Bertz CT molecular complexity index is 1190. The molecule has 7 nitrogen and oxygen atoms in total. The average molecular weight is 454 g/mol. The molecule has 0 bridgehead atoms. The maximum atomic E-state index is 10.5. The molecular weight excluding hydrogens is 434 g/mol. The highest BCUT2D eigenvalue weighted by atomic mass is 79.9. The summed E-state index contributed by atoms with van der Waals surface area (Å²) in [5.41, 5.74) is 3.71. The third kappa shape index (κ3) is 3.12. The van der Waals surface area contributed by atoms with Gasteiger partial charge in [0.05, 0.1) is 21.1 Å². The van der Waals surface area contributed by atoms with Crippen molar-refractivity contribution in [3.63, 3.8) is 0 Å². The molecule has 0 atom stereocenters. The number of aromatic hydroxyl groups is 2. The molecule has 0 radical (unpaired) electrons. The number of fused-ring (bicyclic) bond motifs is 2. The van der Waals surface area contributed by atoms with Crippen molar-refractivity contribution >= 4 is 43.8 Å². The molecule has 0 saturated heterocycles. The van der Waals surface area contributed by atoms with Gasteiger partial charge in [0.25, 0.3) is 0 Å². The minimum Gasteiger partial charge on any atom is -0.494 e. The van der Waals surface area contributed by atoms with Crippen molar-refractivity contribution in [2.75, 3.05) is 18.5 Å². The second-order valence-electron chi connectivity index (χ2n) is 7.05. The van der Waals surface area contributed by atoms with Crippen LogP contribution in [0.15, 0.2) is 39.0 Å². The molecule has 0 amide bonds. The summed E-state index contributed by atoms with van der Waals surface area (Å²) in [4.78, 5) is 2.23. The van der Waals surface area contributed by atoms with E-state index in [4.69, 9.17) is 0 Å². The largest absolute Gasteiger partial charge is 0.494 e. The van der Waals surface area contributed by atoms with Crippen LogP contribution in [0.2, 0.25) is 0 Å². The third-order valence-electron chi connectivity index (χ3n) is 5.33. The molecule has 4 rings (SSSR count). The van der Waals surface area contributed by atoms with Crippen LogP contribution in [0.25, 0.3) is 10.8 Å². The Labute approximate surface area is 176 Å². The van der Waals surface area contributed by atoms with E-state index in [9.17, 15) is 15.5 Å². The Morgan fingerprint density at radius 3 is 2.72 bits per heavy atom. The molecule has 3 aromatic rings. The number of anilines is 1. The van der Waals surface area contributed by atoms with Gasteiger partial charge in [-0.3, -0.25) is 4.57 Å². The molecule has 8 heteroatoms. The van der Waals surface area contributed by atoms with Gasteiger partial charge in [0.15, 0.2) is 0 Å². The quantitative estimate of drug-likeness (QED) is 0.511. The van der Waals surface area contributed by atoms with Crippen LogP contribution in [0.4, 0.5) is 17.1 Å². The molecule has 148 valence electrons. The summed E-state index contributed by atoms with van der Waals surface area (Å²) in [6, 6.07) is 9.59. The molecule has 2 aromatic carbocycles. The zero-order valence-corrected chi connectivity index (χ0v) is 17.7. The van der Waals surface area contributed by atoms with Crippen LogP contribution in [0.5, 0.6) is 11.8 Å². The number of azo groups is 1. The first-order valence-electron chi connectivity index (χ1n) is 9.38. The number of halogens is 1. The van der Waals surface area contributed by atoms with Crippen LogP contribution >= 0.6 is 15.9 Å². The van der Waals surface area contributed by atoms with E-state index in [0.29, 0.717) is 33.2 Å². The molecular formula is C21H20BrN5O2. The van der Waals surface area contributed by atoms with Gasteiger partial charge < -0.3 is 15.1 Å². The number of hydrogen-bond acceptors (Lipinski definition) is 6. The van der Waals surface area contributed by atoms with E-state index in [2.05, 4.69) is 44.2 Å². The highest BCUT2D eigenvalue weighted by molar-refractivity contribution is 9.10. The fourth-order valence-corrected chi connectivity index (χ4v) is 4.52. The number of aryl methyl sites for hydroxylation is 1. The summed E-state index contributed by atoms with van der Waals surface area (Å²) in [5, 5.41) is 39.9. The lowest BCUT2D eigenvalue weighted by Gasteiger charge is -2.27. The highest BCUT2D eigenvalue weighted by Gasteiger charge is 2.22. The first-order chi connectivity index (χ1) is 14.0. The minimum atomic E-state index is -0.0838. The molecule has 29 heavy (non-hydrogen) atoms. The van der Waals surface area contributed by atoms with Crippen LogP contribution in [0, 0.1) is 11.3 Å². The second kappa shape index (κ2) is 7.41. The van der Waals surface area contributed by atoms with Crippen LogP contribution in [-0.2, 0) is 13.0 Å². The molecule has 0 saturated carbocycles. The molecule has 2 heterocycles. The van der Waals surface area contributed by atoms with Crippen LogP contribution in [-0.4, -0.2) is 28.4 Å². The third-order valence-corrected chi connectivity index (χ3v) is 6.10. The van der Waals surface area contributed by atoms with E-state index < -0.39 is 0 Å². The van der Waals surface area contributed by atoms with E-state index in [-0.39, 0.29) is 17.3 Å². The number of nitriles is 1. The highest BCUT2D eigenvalue weighted by Crippen LogP contribution is 2.46. The first-order valence-corrected chi connectivity index (χ1v) is 10.2. The zero-order valence-electron chi connectivity index (χ0n) is 16.1. The lowest BCUT2D eigenvalue weighted by Crippen LogP contribution is -2.24. The van der Waals surface area contributed by atoms with E-state index in [0.717, 1.165) is 19.4 Å². The lowest BCUT2D eigenvalue weighted by molar-refractivity contribution is 0.377.